The van der Waals surface area contributed by atoms with Gasteiger partial charge < -0.3 is 10.2 Å². The SMILES string of the molecule is [O-]c1c2c3c4c5c1=N[C@@H]1C[C@]56CC([C@H](O)C=C6S1)[NH+]4CCC=3C=N2. The zero-order valence-electron chi connectivity index (χ0n) is 12.9. The van der Waals surface area contributed by atoms with Crippen molar-refractivity contribution >= 4 is 34.9 Å². The molecule has 24 heavy (non-hydrogen) atoms. The Morgan fingerprint density at radius 3 is 3.21 bits per heavy atom. The van der Waals surface area contributed by atoms with Crippen molar-refractivity contribution in [1.29, 1.82) is 0 Å². The molecule has 3 bridgehead atoms. The highest BCUT2D eigenvalue weighted by molar-refractivity contribution is 8.04. The highest BCUT2D eigenvalue weighted by Crippen LogP contribution is 2.60. The van der Waals surface area contributed by atoms with Crippen molar-refractivity contribution in [3.05, 3.63) is 27.1 Å². The molecule has 6 aliphatic rings. The number of hydrogen-bond donors (Lipinski definition) is 2. The van der Waals surface area contributed by atoms with Gasteiger partial charge in [0.25, 0.3) is 0 Å². The first-order valence-electron chi connectivity index (χ1n) is 8.63. The number of thioether (sulfide) groups is 1. The maximum absolute atomic E-state index is 13.1. The third kappa shape index (κ3) is 1.13. The number of hydrogen-bond acceptors (Lipinski definition) is 5. The van der Waals surface area contributed by atoms with Gasteiger partial charge in [-0.05, 0) is 23.0 Å². The van der Waals surface area contributed by atoms with E-state index in [1.54, 1.807) is 11.8 Å². The lowest BCUT2D eigenvalue weighted by atomic mass is 9.63. The lowest BCUT2D eigenvalue weighted by molar-refractivity contribution is -0.869. The number of aliphatic hydroxyl groups is 1. The van der Waals surface area contributed by atoms with Crippen LogP contribution in [0.25, 0.3) is 5.57 Å². The average Bonchev–Trinajstić information content (AvgIpc) is 3.11. The second kappa shape index (κ2) is 3.64. The second-order valence-electron chi connectivity index (χ2n) is 7.78. The second-order valence-corrected chi connectivity index (χ2v) is 9.00. The van der Waals surface area contributed by atoms with Crippen LogP contribution < -0.4 is 20.6 Å². The number of aliphatic hydroxyl groups excluding tert-OH is 1. The van der Waals surface area contributed by atoms with Gasteiger partial charge in [0.1, 0.15) is 23.2 Å². The quantitative estimate of drug-likeness (QED) is 0.632. The first kappa shape index (κ1) is 12.7. The Balaban J connectivity index is 1.77. The minimum Gasteiger partial charge on any atom is -0.870 e. The lowest BCUT2D eigenvalue weighted by Gasteiger charge is -2.49. The number of aliphatic imine (C=N–C) groups is 1. The van der Waals surface area contributed by atoms with Crippen LogP contribution in [-0.2, 0) is 5.41 Å². The van der Waals surface area contributed by atoms with Gasteiger partial charge in [0.2, 0.25) is 0 Å². The van der Waals surface area contributed by atoms with Gasteiger partial charge in [-0.1, -0.05) is 5.75 Å². The first-order valence-corrected chi connectivity index (χ1v) is 9.51. The summed E-state index contributed by atoms with van der Waals surface area (Å²) in [6.07, 6.45) is 6.39. The molecule has 2 unspecified atom stereocenters. The van der Waals surface area contributed by atoms with Gasteiger partial charge in [-0.3, -0.25) is 14.9 Å². The Morgan fingerprint density at radius 2 is 2.29 bits per heavy atom. The monoisotopic (exact) mass is 337 g/mol. The summed E-state index contributed by atoms with van der Waals surface area (Å²) in [5, 5.41) is 25.7. The Bertz CT molecular complexity index is 1060. The zero-order chi connectivity index (χ0) is 15.8. The summed E-state index contributed by atoms with van der Waals surface area (Å²) in [5.74, 6) is 0.0201. The molecule has 2 N–H and O–H groups in total. The Morgan fingerprint density at radius 1 is 1.38 bits per heavy atom. The van der Waals surface area contributed by atoms with E-state index in [0.717, 1.165) is 31.0 Å². The summed E-state index contributed by atoms with van der Waals surface area (Å²) in [6.45, 7) is 0.968. The van der Waals surface area contributed by atoms with Crippen molar-refractivity contribution < 1.29 is 15.1 Å². The molecule has 0 saturated carbocycles. The van der Waals surface area contributed by atoms with Gasteiger partial charge in [-0.2, -0.15) is 0 Å². The molecule has 1 aromatic carbocycles. The molecule has 0 amide bonds. The smallest absolute Gasteiger partial charge is 0.147 e. The summed E-state index contributed by atoms with van der Waals surface area (Å²) in [6, 6.07) is 0.190. The third-order valence-corrected chi connectivity index (χ3v) is 8.14. The Kier molecular flexibility index (Phi) is 1.92. The Hall–Kier alpha value is -1.63. The third-order valence-electron chi connectivity index (χ3n) is 6.82. The minimum absolute atomic E-state index is 0.0201. The highest BCUT2D eigenvalue weighted by Gasteiger charge is 2.61. The number of rotatable bonds is 0. The largest absolute Gasteiger partial charge is 0.870 e. The molecule has 1 fully saturated rings. The van der Waals surface area contributed by atoms with E-state index in [0.29, 0.717) is 11.0 Å². The molecule has 0 aromatic heterocycles. The molecular weight excluding hydrogens is 322 g/mol. The summed E-state index contributed by atoms with van der Waals surface area (Å²) in [7, 11) is 0. The van der Waals surface area contributed by atoms with Crippen LogP contribution in [0.1, 0.15) is 24.8 Å². The van der Waals surface area contributed by atoms with Crippen LogP contribution in [0, 0.1) is 0 Å². The van der Waals surface area contributed by atoms with Crippen molar-refractivity contribution in [2.75, 3.05) is 6.54 Å². The van der Waals surface area contributed by atoms with Gasteiger partial charge in [0.15, 0.2) is 0 Å². The van der Waals surface area contributed by atoms with Crippen molar-refractivity contribution in [1.82, 2.24) is 0 Å². The Labute approximate surface area is 142 Å². The number of benzene rings is 1. The number of nitrogens with one attached hydrogen (secondary N) is 1. The van der Waals surface area contributed by atoms with E-state index in [9.17, 15) is 10.2 Å². The molecule has 1 saturated heterocycles. The number of quaternary nitrogens is 1. The molecule has 5 atom stereocenters. The van der Waals surface area contributed by atoms with Gasteiger partial charge in [-0.15, -0.1) is 11.8 Å². The van der Waals surface area contributed by atoms with E-state index in [1.165, 1.54) is 26.6 Å². The van der Waals surface area contributed by atoms with Gasteiger partial charge in [0, 0.05) is 30.0 Å². The van der Waals surface area contributed by atoms with E-state index in [1.807, 2.05) is 6.21 Å². The van der Waals surface area contributed by atoms with Crippen LogP contribution >= 0.6 is 11.8 Å². The topological polar surface area (TPSA) is 72.5 Å². The number of nitrogens with zero attached hydrogens (tertiary/aromatic N) is 2. The summed E-state index contributed by atoms with van der Waals surface area (Å²) in [4.78, 5) is 11.9. The molecule has 0 radical (unpaired) electrons. The molecular formula is C18H15N3O2S. The van der Waals surface area contributed by atoms with E-state index < -0.39 is 6.10 Å². The van der Waals surface area contributed by atoms with Gasteiger partial charge in [0.05, 0.1) is 22.8 Å². The van der Waals surface area contributed by atoms with Crippen LogP contribution in [-0.4, -0.2) is 35.4 Å². The standard InChI is InChI=1S/C18H15N3O2S/c22-9-3-10-18-4-8(9)21-2-1-7-6-19-14-12(7)16(21)13(18)15(17(14)23)20-11(5-18)24-10/h3,6,8-9,11,22-23H,1-2,4-5H2/t8?,9-,11+,18+/m1/s1. The van der Waals surface area contributed by atoms with Crippen LogP contribution in [0.2, 0.25) is 0 Å². The van der Waals surface area contributed by atoms with E-state index in [2.05, 4.69) is 11.1 Å². The van der Waals surface area contributed by atoms with Crippen molar-refractivity contribution in [3.8, 4) is 5.75 Å². The molecule has 1 spiro atoms. The number of fused-ring (bicyclic) bond motifs is 3. The lowest BCUT2D eigenvalue weighted by Crippen LogP contribution is -3.16. The average molecular weight is 337 g/mol. The van der Waals surface area contributed by atoms with Crippen LogP contribution in [0.4, 0.5) is 11.4 Å². The molecule has 6 heteroatoms. The highest BCUT2D eigenvalue weighted by atomic mass is 32.2. The minimum atomic E-state index is -0.407. The summed E-state index contributed by atoms with van der Waals surface area (Å²) < 4.78 is 0. The zero-order valence-corrected chi connectivity index (χ0v) is 13.7. The summed E-state index contributed by atoms with van der Waals surface area (Å²) >= 11 is 1.75. The molecule has 120 valence electrons. The summed E-state index contributed by atoms with van der Waals surface area (Å²) in [5.41, 5.74) is 4.15. The predicted molar refractivity (Wildman–Crippen MR) is 88.5 cm³/mol. The molecule has 1 aliphatic carbocycles. The van der Waals surface area contributed by atoms with Crippen molar-refractivity contribution in [2.24, 2.45) is 9.98 Å². The van der Waals surface area contributed by atoms with Crippen molar-refractivity contribution in [3.63, 3.8) is 0 Å². The molecule has 5 aliphatic heterocycles. The van der Waals surface area contributed by atoms with Crippen molar-refractivity contribution in [2.45, 2.75) is 42.2 Å². The van der Waals surface area contributed by atoms with E-state index in [4.69, 9.17) is 4.99 Å². The normalized spacial score (nSPS) is 41.4. The predicted octanol–water partition coefficient (Wildman–Crippen LogP) is -1.09. The fraction of sp³-hybridized carbons (Fsp3) is 0.444. The maximum Gasteiger partial charge on any atom is 0.147 e. The molecule has 5 nitrogen and oxygen atoms in total. The molecule has 7 rings (SSSR count). The van der Waals surface area contributed by atoms with E-state index in [-0.39, 0.29) is 22.6 Å². The molecule has 5 heterocycles. The van der Waals surface area contributed by atoms with E-state index >= 15 is 0 Å². The fourth-order valence-corrected chi connectivity index (χ4v) is 7.46. The van der Waals surface area contributed by atoms with Crippen LogP contribution in [0.5, 0.6) is 5.75 Å². The van der Waals surface area contributed by atoms with Gasteiger partial charge in [-0.25, -0.2) is 0 Å². The maximum atomic E-state index is 13.1. The first-order chi connectivity index (χ1) is 11.7. The number of allylic oxidation sites excluding steroid dienone is 1. The van der Waals surface area contributed by atoms with Gasteiger partial charge >= 0.3 is 0 Å². The van der Waals surface area contributed by atoms with Crippen LogP contribution in [0.15, 0.2) is 21.0 Å². The fourth-order valence-electron chi connectivity index (χ4n) is 5.93. The van der Waals surface area contributed by atoms with Crippen LogP contribution in [0.3, 0.4) is 0 Å². The molecule has 1 aromatic rings.